The maximum Gasteiger partial charge on any atom is 0.333 e. The standard InChI is InChI=1S/C16H25NO4/c1-4-20-15(18)16(17,14-8-6-5-7-9-14)12-19-10-11-21-13(2)3/h5-9,13H,4,10-12,17H2,1-3H3. The Morgan fingerprint density at radius 2 is 1.90 bits per heavy atom. The van der Waals surface area contributed by atoms with Crippen molar-refractivity contribution in [3.8, 4) is 0 Å². The van der Waals surface area contributed by atoms with E-state index in [0.717, 1.165) is 0 Å². The number of hydrogen-bond donors (Lipinski definition) is 1. The van der Waals surface area contributed by atoms with Crippen LogP contribution in [0.2, 0.25) is 0 Å². The monoisotopic (exact) mass is 295 g/mol. The number of hydrogen-bond acceptors (Lipinski definition) is 5. The van der Waals surface area contributed by atoms with E-state index in [-0.39, 0.29) is 19.3 Å². The molecular weight excluding hydrogens is 270 g/mol. The lowest BCUT2D eigenvalue weighted by molar-refractivity contribution is -0.153. The largest absolute Gasteiger partial charge is 0.464 e. The third kappa shape index (κ3) is 5.46. The molecule has 21 heavy (non-hydrogen) atoms. The van der Waals surface area contributed by atoms with Gasteiger partial charge in [0.2, 0.25) is 0 Å². The van der Waals surface area contributed by atoms with E-state index in [1.165, 1.54) is 0 Å². The molecule has 0 amide bonds. The van der Waals surface area contributed by atoms with Gasteiger partial charge in [-0.2, -0.15) is 0 Å². The minimum absolute atomic E-state index is 0.0529. The molecule has 0 heterocycles. The third-order valence-corrected chi connectivity index (χ3v) is 2.94. The molecule has 0 fully saturated rings. The predicted octanol–water partition coefficient (Wildman–Crippen LogP) is 1.85. The molecule has 0 spiro atoms. The summed E-state index contributed by atoms with van der Waals surface area (Å²) in [5, 5.41) is 0. The molecule has 118 valence electrons. The van der Waals surface area contributed by atoms with Crippen molar-refractivity contribution < 1.29 is 19.0 Å². The molecule has 5 nitrogen and oxygen atoms in total. The van der Waals surface area contributed by atoms with Gasteiger partial charge in [0, 0.05) is 0 Å². The van der Waals surface area contributed by atoms with Crippen LogP contribution in [0.25, 0.3) is 0 Å². The van der Waals surface area contributed by atoms with Crippen LogP contribution >= 0.6 is 0 Å². The quantitative estimate of drug-likeness (QED) is 0.556. The molecule has 1 aromatic rings. The Morgan fingerprint density at radius 3 is 2.48 bits per heavy atom. The summed E-state index contributed by atoms with van der Waals surface area (Å²) in [6.07, 6.45) is 0.149. The fourth-order valence-electron chi connectivity index (χ4n) is 1.83. The van der Waals surface area contributed by atoms with Gasteiger partial charge in [-0.1, -0.05) is 30.3 Å². The van der Waals surface area contributed by atoms with Crippen molar-refractivity contribution >= 4 is 5.97 Å². The number of benzene rings is 1. The van der Waals surface area contributed by atoms with E-state index in [2.05, 4.69) is 0 Å². The zero-order chi connectivity index (χ0) is 15.7. The van der Waals surface area contributed by atoms with Gasteiger partial charge in [0.05, 0.1) is 32.5 Å². The number of carbonyl (C=O) groups excluding carboxylic acids is 1. The molecule has 1 rings (SSSR count). The summed E-state index contributed by atoms with van der Waals surface area (Å²) in [5.41, 5.74) is 5.63. The van der Waals surface area contributed by atoms with Gasteiger partial charge in [0.1, 0.15) is 0 Å². The van der Waals surface area contributed by atoms with Crippen LogP contribution in [0.3, 0.4) is 0 Å². The van der Waals surface area contributed by atoms with E-state index in [0.29, 0.717) is 18.8 Å². The van der Waals surface area contributed by atoms with Gasteiger partial charge < -0.3 is 19.9 Å². The first-order chi connectivity index (χ1) is 10.0. The maximum absolute atomic E-state index is 12.2. The lowest BCUT2D eigenvalue weighted by Gasteiger charge is -2.27. The average Bonchev–Trinajstić information content (AvgIpc) is 2.47. The molecule has 1 atom stereocenters. The Hall–Kier alpha value is -1.43. The Balaban J connectivity index is 2.67. The molecule has 0 aliphatic rings. The molecule has 5 heteroatoms. The van der Waals surface area contributed by atoms with Crippen LogP contribution in [0.1, 0.15) is 26.3 Å². The Bertz CT molecular complexity index is 422. The molecule has 0 aromatic heterocycles. The highest BCUT2D eigenvalue weighted by atomic mass is 16.5. The van der Waals surface area contributed by atoms with Gasteiger partial charge in [-0.15, -0.1) is 0 Å². The second kappa shape index (κ2) is 8.77. The molecule has 1 aromatic carbocycles. The molecule has 2 N–H and O–H groups in total. The third-order valence-electron chi connectivity index (χ3n) is 2.94. The molecule has 0 aliphatic carbocycles. The van der Waals surface area contributed by atoms with Gasteiger partial charge in [0.25, 0.3) is 0 Å². The lowest BCUT2D eigenvalue weighted by Crippen LogP contribution is -2.50. The highest BCUT2D eigenvalue weighted by Crippen LogP contribution is 2.20. The number of carbonyl (C=O) groups is 1. The first-order valence-corrected chi connectivity index (χ1v) is 7.21. The van der Waals surface area contributed by atoms with Crippen molar-refractivity contribution in [3.63, 3.8) is 0 Å². The molecule has 0 saturated heterocycles. The molecule has 0 bridgehead atoms. The van der Waals surface area contributed by atoms with Crippen molar-refractivity contribution in [1.82, 2.24) is 0 Å². The summed E-state index contributed by atoms with van der Waals surface area (Å²) < 4.78 is 16.0. The zero-order valence-corrected chi connectivity index (χ0v) is 13.0. The van der Waals surface area contributed by atoms with Crippen LogP contribution in [-0.4, -0.2) is 38.5 Å². The van der Waals surface area contributed by atoms with Crippen LogP contribution < -0.4 is 5.73 Å². The van der Waals surface area contributed by atoms with E-state index < -0.39 is 11.5 Å². The summed E-state index contributed by atoms with van der Waals surface area (Å²) in [5.74, 6) is -0.485. The fraction of sp³-hybridized carbons (Fsp3) is 0.562. The molecule has 1 unspecified atom stereocenters. The van der Waals surface area contributed by atoms with E-state index in [9.17, 15) is 4.79 Å². The summed E-state index contributed by atoms with van der Waals surface area (Å²) in [7, 11) is 0. The van der Waals surface area contributed by atoms with Gasteiger partial charge in [0.15, 0.2) is 5.54 Å². The van der Waals surface area contributed by atoms with E-state index in [1.54, 1.807) is 19.1 Å². The van der Waals surface area contributed by atoms with Crippen LogP contribution in [0, 0.1) is 0 Å². The minimum Gasteiger partial charge on any atom is -0.464 e. The van der Waals surface area contributed by atoms with E-state index >= 15 is 0 Å². The second-order valence-electron chi connectivity index (χ2n) is 5.03. The molecule has 0 radical (unpaired) electrons. The van der Waals surface area contributed by atoms with E-state index in [4.69, 9.17) is 19.9 Å². The Labute approximate surface area is 126 Å². The van der Waals surface area contributed by atoms with E-state index in [1.807, 2.05) is 32.0 Å². The normalized spacial score (nSPS) is 14.0. The van der Waals surface area contributed by atoms with Crippen molar-refractivity contribution in [3.05, 3.63) is 35.9 Å². The van der Waals surface area contributed by atoms with Gasteiger partial charge >= 0.3 is 5.97 Å². The molecule has 0 aliphatic heterocycles. The van der Waals surface area contributed by atoms with Crippen LogP contribution in [-0.2, 0) is 24.5 Å². The minimum atomic E-state index is -1.30. The summed E-state index contributed by atoms with van der Waals surface area (Å²) in [6.45, 7) is 6.83. The summed E-state index contributed by atoms with van der Waals surface area (Å²) in [6, 6.07) is 9.12. The van der Waals surface area contributed by atoms with Crippen LogP contribution in [0.4, 0.5) is 0 Å². The average molecular weight is 295 g/mol. The van der Waals surface area contributed by atoms with Crippen molar-refractivity contribution in [2.75, 3.05) is 26.4 Å². The lowest BCUT2D eigenvalue weighted by atomic mass is 9.92. The summed E-state index contributed by atoms with van der Waals surface area (Å²) in [4.78, 5) is 12.2. The first kappa shape index (κ1) is 17.6. The first-order valence-electron chi connectivity index (χ1n) is 7.21. The second-order valence-corrected chi connectivity index (χ2v) is 5.03. The topological polar surface area (TPSA) is 70.8 Å². The van der Waals surface area contributed by atoms with Crippen molar-refractivity contribution in [2.24, 2.45) is 5.73 Å². The number of esters is 1. The number of rotatable bonds is 9. The molecular formula is C16H25NO4. The number of ether oxygens (including phenoxy) is 3. The fourth-order valence-corrected chi connectivity index (χ4v) is 1.83. The zero-order valence-electron chi connectivity index (χ0n) is 13.0. The predicted molar refractivity (Wildman–Crippen MR) is 80.8 cm³/mol. The molecule has 0 saturated carbocycles. The smallest absolute Gasteiger partial charge is 0.333 e. The highest BCUT2D eigenvalue weighted by Gasteiger charge is 2.38. The van der Waals surface area contributed by atoms with Crippen molar-refractivity contribution in [2.45, 2.75) is 32.4 Å². The maximum atomic E-state index is 12.2. The van der Waals surface area contributed by atoms with Gasteiger partial charge in [-0.05, 0) is 26.3 Å². The Kier molecular flexibility index (Phi) is 7.36. The highest BCUT2D eigenvalue weighted by molar-refractivity contribution is 5.82. The van der Waals surface area contributed by atoms with Crippen LogP contribution in [0.5, 0.6) is 0 Å². The van der Waals surface area contributed by atoms with Gasteiger partial charge in [-0.25, -0.2) is 4.79 Å². The van der Waals surface area contributed by atoms with Gasteiger partial charge in [-0.3, -0.25) is 0 Å². The van der Waals surface area contributed by atoms with Crippen LogP contribution in [0.15, 0.2) is 30.3 Å². The Morgan fingerprint density at radius 1 is 1.24 bits per heavy atom. The number of nitrogens with two attached hydrogens (primary N) is 1. The van der Waals surface area contributed by atoms with Crippen molar-refractivity contribution in [1.29, 1.82) is 0 Å². The SMILES string of the molecule is CCOC(=O)C(N)(COCCOC(C)C)c1ccccc1. The summed E-state index contributed by atoms with van der Waals surface area (Å²) >= 11 is 0.